The fourth-order valence-electron chi connectivity index (χ4n) is 3.60. The van der Waals surface area contributed by atoms with E-state index in [0.29, 0.717) is 11.7 Å². The van der Waals surface area contributed by atoms with E-state index in [0.717, 1.165) is 54.7 Å². The summed E-state index contributed by atoms with van der Waals surface area (Å²) in [6.07, 6.45) is 3.62. The molecule has 0 unspecified atom stereocenters. The molecule has 0 spiro atoms. The molecule has 8 heteroatoms. The number of piperazine rings is 1. The molecule has 0 bridgehead atoms. The Kier molecular flexibility index (Phi) is 5.18. The largest absolute Gasteiger partial charge is 0.497 e. The number of hydrogen-bond acceptors (Lipinski definition) is 8. The summed E-state index contributed by atoms with van der Waals surface area (Å²) in [5.74, 6) is 3.74. The van der Waals surface area contributed by atoms with E-state index < -0.39 is 0 Å². The third kappa shape index (κ3) is 4.05. The first-order valence-electron chi connectivity index (χ1n) is 10.2. The second-order valence-corrected chi connectivity index (χ2v) is 7.22. The predicted octanol–water partition coefficient (Wildman–Crippen LogP) is 3.53. The van der Waals surface area contributed by atoms with Gasteiger partial charge in [0.15, 0.2) is 0 Å². The number of hydrogen-bond donors (Lipinski definition) is 0. The quantitative estimate of drug-likeness (QED) is 0.491. The molecule has 5 rings (SSSR count). The van der Waals surface area contributed by atoms with Crippen molar-refractivity contribution in [3.8, 4) is 28.6 Å². The molecule has 0 N–H and O–H groups in total. The first-order chi connectivity index (χ1) is 15.3. The summed E-state index contributed by atoms with van der Waals surface area (Å²) in [5, 5.41) is 4.09. The Balaban J connectivity index is 1.25. The molecule has 156 valence electrons. The number of pyridine rings is 2. The highest BCUT2D eigenvalue weighted by Crippen LogP contribution is 2.25. The molecule has 4 heterocycles. The summed E-state index contributed by atoms with van der Waals surface area (Å²) >= 11 is 0. The lowest BCUT2D eigenvalue weighted by atomic mass is 10.2. The Morgan fingerprint density at radius 2 is 1.52 bits per heavy atom. The van der Waals surface area contributed by atoms with E-state index in [1.807, 2.05) is 60.8 Å². The molecule has 8 nitrogen and oxygen atoms in total. The van der Waals surface area contributed by atoms with Crippen LogP contribution in [0.2, 0.25) is 0 Å². The van der Waals surface area contributed by atoms with Crippen molar-refractivity contribution in [2.24, 2.45) is 0 Å². The van der Waals surface area contributed by atoms with Crippen molar-refractivity contribution >= 4 is 11.6 Å². The van der Waals surface area contributed by atoms with Gasteiger partial charge in [0.05, 0.1) is 12.7 Å². The molecule has 3 aromatic heterocycles. The van der Waals surface area contributed by atoms with Gasteiger partial charge in [-0.3, -0.25) is 0 Å². The monoisotopic (exact) mass is 414 g/mol. The maximum absolute atomic E-state index is 5.45. The minimum Gasteiger partial charge on any atom is -0.497 e. The topological polar surface area (TPSA) is 80.4 Å². The van der Waals surface area contributed by atoms with Crippen molar-refractivity contribution in [1.82, 2.24) is 20.1 Å². The number of anilines is 2. The third-order valence-electron chi connectivity index (χ3n) is 5.35. The van der Waals surface area contributed by atoms with Crippen molar-refractivity contribution in [2.75, 3.05) is 43.1 Å². The molecule has 0 radical (unpaired) electrons. The fourth-order valence-corrected chi connectivity index (χ4v) is 3.60. The lowest BCUT2D eigenvalue weighted by Crippen LogP contribution is -2.47. The molecule has 1 aliphatic rings. The van der Waals surface area contributed by atoms with Gasteiger partial charge in [0.25, 0.3) is 5.89 Å². The summed E-state index contributed by atoms with van der Waals surface area (Å²) in [7, 11) is 1.64. The van der Waals surface area contributed by atoms with E-state index in [1.165, 1.54) is 0 Å². The molecule has 1 aliphatic heterocycles. The highest BCUT2D eigenvalue weighted by Gasteiger charge is 2.19. The Morgan fingerprint density at radius 3 is 2.13 bits per heavy atom. The minimum atomic E-state index is 0.449. The molecular weight excluding hydrogens is 392 g/mol. The second kappa shape index (κ2) is 8.43. The second-order valence-electron chi connectivity index (χ2n) is 7.22. The molecule has 4 aromatic rings. The van der Waals surface area contributed by atoms with Crippen molar-refractivity contribution in [3.05, 3.63) is 67.0 Å². The Morgan fingerprint density at radius 1 is 0.806 bits per heavy atom. The van der Waals surface area contributed by atoms with E-state index >= 15 is 0 Å². The Hall–Kier alpha value is -3.94. The Bertz CT molecular complexity index is 1120. The van der Waals surface area contributed by atoms with Gasteiger partial charge in [0.1, 0.15) is 17.4 Å². The van der Waals surface area contributed by atoms with Crippen molar-refractivity contribution < 1.29 is 9.26 Å². The standard InChI is InChI=1S/C23H22N6O2/c1-30-19-8-5-17(6-9-19)22-26-23(31-27-22)18-7-10-21(25-16-18)29-14-12-28(13-15-29)20-4-2-3-11-24-20/h2-11,16H,12-15H2,1H3. The van der Waals surface area contributed by atoms with Crippen LogP contribution in [0.1, 0.15) is 0 Å². The van der Waals surface area contributed by atoms with E-state index in [4.69, 9.17) is 9.26 Å². The molecule has 0 atom stereocenters. The highest BCUT2D eigenvalue weighted by atomic mass is 16.5. The molecule has 0 aliphatic carbocycles. The van der Waals surface area contributed by atoms with Crippen LogP contribution >= 0.6 is 0 Å². The molecule has 1 saturated heterocycles. The molecule has 0 saturated carbocycles. The van der Waals surface area contributed by atoms with Gasteiger partial charge in [-0.15, -0.1) is 0 Å². The minimum absolute atomic E-state index is 0.449. The van der Waals surface area contributed by atoms with Crippen LogP contribution in [0.15, 0.2) is 71.5 Å². The smallest absolute Gasteiger partial charge is 0.259 e. The van der Waals surface area contributed by atoms with E-state index in [2.05, 4.69) is 29.9 Å². The molecular formula is C23H22N6O2. The maximum atomic E-state index is 5.45. The number of methoxy groups -OCH3 is 1. The fraction of sp³-hybridized carbons (Fsp3) is 0.217. The third-order valence-corrected chi connectivity index (χ3v) is 5.35. The van der Waals surface area contributed by atoms with Gasteiger partial charge in [-0.05, 0) is 48.5 Å². The lowest BCUT2D eigenvalue weighted by molar-refractivity contribution is 0.415. The summed E-state index contributed by atoms with van der Waals surface area (Å²) in [4.78, 5) is 18.1. The normalized spacial score (nSPS) is 14.0. The SMILES string of the molecule is COc1ccc(-c2noc(-c3ccc(N4CCN(c5ccccn5)CC4)nc3)n2)cc1. The van der Waals surface area contributed by atoms with Gasteiger partial charge in [0.2, 0.25) is 5.82 Å². The number of nitrogens with zero attached hydrogens (tertiary/aromatic N) is 6. The van der Waals surface area contributed by atoms with Crippen molar-refractivity contribution in [3.63, 3.8) is 0 Å². The van der Waals surface area contributed by atoms with E-state index in [-0.39, 0.29) is 0 Å². The van der Waals surface area contributed by atoms with Crippen LogP contribution in [0.5, 0.6) is 5.75 Å². The van der Waals surface area contributed by atoms with Crippen LogP contribution in [0, 0.1) is 0 Å². The number of rotatable bonds is 5. The van der Waals surface area contributed by atoms with Crippen LogP contribution in [-0.4, -0.2) is 53.4 Å². The first-order valence-corrected chi connectivity index (χ1v) is 10.2. The van der Waals surface area contributed by atoms with Crippen LogP contribution < -0.4 is 14.5 Å². The predicted molar refractivity (Wildman–Crippen MR) is 118 cm³/mol. The number of aromatic nitrogens is 4. The summed E-state index contributed by atoms with van der Waals surface area (Å²) in [6, 6.07) is 17.5. The highest BCUT2D eigenvalue weighted by molar-refractivity contribution is 5.61. The average Bonchev–Trinajstić information content (AvgIpc) is 3.35. The van der Waals surface area contributed by atoms with Gasteiger partial charge in [-0.2, -0.15) is 4.98 Å². The lowest BCUT2D eigenvalue weighted by Gasteiger charge is -2.36. The zero-order chi connectivity index (χ0) is 21.0. The van der Waals surface area contributed by atoms with Gasteiger partial charge in [0, 0.05) is 44.1 Å². The van der Waals surface area contributed by atoms with Crippen LogP contribution in [0.25, 0.3) is 22.8 Å². The number of benzene rings is 1. The van der Waals surface area contributed by atoms with Gasteiger partial charge in [-0.25, -0.2) is 9.97 Å². The average molecular weight is 414 g/mol. The van der Waals surface area contributed by atoms with Gasteiger partial charge >= 0.3 is 0 Å². The van der Waals surface area contributed by atoms with E-state index in [1.54, 1.807) is 13.3 Å². The van der Waals surface area contributed by atoms with Crippen molar-refractivity contribution in [1.29, 1.82) is 0 Å². The van der Waals surface area contributed by atoms with Crippen LogP contribution in [0.3, 0.4) is 0 Å². The maximum Gasteiger partial charge on any atom is 0.259 e. The zero-order valence-corrected chi connectivity index (χ0v) is 17.2. The zero-order valence-electron chi connectivity index (χ0n) is 17.2. The van der Waals surface area contributed by atoms with Gasteiger partial charge in [-0.1, -0.05) is 11.2 Å². The first kappa shape index (κ1) is 19.0. The molecule has 1 aromatic carbocycles. The van der Waals surface area contributed by atoms with Gasteiger partial charge < -0.3 is 19.1 Å². The van der Waals surface area contributed by atoms with Crippen LogP contribution in [-0.2, 0) is 0 Å². The Labute approximate surface area is 180 Å². The van der Waals surface area contributed by atoms with Crippen LogP contribution in [0.4, 0.5) is 11.6 Å². The summed E-state index contributed by atoms with van der Waals surface area (Å²) < 4.78 is 10.6. The van der Waals surface area contributed by atoms with E-state index in [9.17, 15) is 0 Å². The summed E-state index contributed by atoms with van der Waals surface area (Å²) in [5.41, 5.74) is 1.66. The summed E-state index contributed by atoms with van der Waals surface area (Å²) in [6.45, 7) is 3.61. The molecule has 1 fully saturated rings. The van der Waals surface area contributed by atoms with Crippen molar-refractivity contribution in [2.45, 2.75) is 0 Å². The molecule has 31 heavy (non-hydrogen) atoms. The molecule has 0 amide bonds. The number of ether oxygens (including phenoxy) is 1.